The first-order valence-electron chi connectivity index (χ1n) is 3.88. The van der Waals surface area contributed by atoms with Gasteiger partial charge in [0, 0.05) is 0 Å². The van der Waals surface area contributed by atoms with E-state index >= 15 is 0 Å². The Morgan fingerprint density at radius 1 is 1.15 bits per heavy atom. The van der Waals surface area contributed by atoms with Gasteiger partial charge < -0.3 is 0 Å². The summed E-state index contributed by atoms with van der Waals surface area (Å²) in [6, 6.07) is 9.91. The molecule has 0 aliphatic rings. The molecule has 0 spiro atoms. The third-order valence-electron chi connectivity index (χ3n) is 1.43. The van der Waals surface area contributed by atoms with Gasteiger partial charge in [-0.3, -0.25) is 4.79 Å². The number of rotatable bonds is 3. The molecule has 0 radical (unpaired) electrons. The number of allylic oxidation sites excluding steroid dienone is 3. The average molecular weight is 237 g/mol. The molecule has 0 aromatic heterocycles. The molecule has 0 fully saturated rings. The van der Waals surface area contributed by atoms with Crippen LogP contribution in [-0.4, -0.2) is 4.69 Å². The van der Waals surface area contributed by atoms with Gasteiger partial charge in [0.2, 0.25) is 4.69 Å². The van der Waals surface area contributed by atoms with Gasteiger partial charge in [-0.25, -0.2) is 0 Å². The van der Waals surface area contributed by atoms with Crippen molar-refractivity contribution in [3.05, 3.63) is 54.1 Å². The molecule has 0 aliphatic carbocycles. The minimum Gasteiger partial charge on any atom is -0.282 e. The monoisotopic (exact) mass is 236 g/mol. The Kier molecular flexibility index (Phi) is 4.19. The molecule has 1 rings (SSSR count). The predicted octanol–water partition coefficient (Wildman–Crippen LogP) is 3.18. The molecule has 0 saturated heterocycles. The Labute approximate surface area is 85.9 Å². The molecule has 1 nitrogen and oxygen atoms in total. The number of carbonyl (C=O) groups excluding carboxylic acids is 1. The highest BCUT2D eigenvalue weighted by atomic mass is 79.9. The quantitative estimate of drug-likeness (QED) is 0.448. The summed E-state index contributed by atoms with van der Waals surface area (Å²) in [7, 11) is 0. The highest BCUT2D eigenvalue weighted by Crippen LogP contribution is 2.00. The van der Waals surface area contributed by atoms with Crippen LogP contribution in [0.1, 0.15) is 5.56 Å². The highest BCUT2D eigenvalue weighted by Gasteiger charge is 1.82. The van der Waals surface area contributed by atoms with Crippen molar-refractivity contribution >= 4 is 26.7 Å². The van der Waals surface area contributed by atoms with Crippen LogP contribution in [0.25, 0.3) is 6.08 Å². The molecule has 0 N–H and O–H groups in total. The smallest absolute Gasteiger partial charge is 0.220 e. The Morgan fingerprint density at radius 3 is 2.46 bits per heavy atom. The Hall–Kier alpha value is -1.15. The Bertz CT molecular complexity index is 325. The molecule has 0 unspecified atom stereocenters. The second-order valence-corrected chi connectivity index (χ2v) is 3.21. The van der Waals surface area contributed by atoms with Gasteiger partial charge in [0.05, 0.1) is 0 Å². The third kappa shape index (κ3) is 4.43. The first kappa shape index (κ1) is 9.93. The van der Waals surface area contributed by atoms with E-state index in [4.69, 9.17) is 0 Å². The SMILES string of the molecule is O=C(Br)C=CC=Cc1ccccc1. The van der Waals surface area contributed by atoms with Gasteiger partial charge >= 0.3 is 0 Å². The second-order valence-electron chi connectivity index (χ2n) is 2.43. The van der Waals surface area contributed by atoms with Gasteiger partial charge in [-0.1, -0.05) is 48.6 Å². The molecule has 66 valence electrons. The first-order valence-corrected chi connectivity index (χ1v) is 4.67. The summed E-state index contributed by atoms with van der Waals surface area (Å²) in [5, 5.41) is 0. The van der Waals surface area contributed by atoms with Crippen LogP contribution < -0.4 is 0 Å². The van der Waals surface area contributed by atoms with Gasteiger partial charge in [-0.05, 0) is 27.6 Å². The molecule has 0 aliphatic heterocycles. The molecule has 13 heavy (non-hydrogen) atoms. The molecule has 0 saturated carbocycles. The summed E-state index contributed by atoms with van der Waals surface area (Å²) >= 11 is 2.80. The lowest BCUT2D eigenvalue weighted by molar-refractivity contribution is -0.106. The number of hydrogen-bond donors (Lipinski definition) is 0. The van der Waals surface area contributed by atoms with E-state index in [2.05, 4.69) is 15.9 Å². The van der Waals surface area contributed by atoms with Crippen LogP contribution in [0.5, 0.6) is 0 Å². The molecule has 0 bridgehead atoms. The summed E-state index contributed by atoms with van der Waals surface area (Å²) in [5.74, 6) is 0. The fourth-order valence-electron chi connectivity index (χ4n) is 0.862. The molecule has 2 heteroatoms. The summed E-state index contributed by atoms with van der Waals surface area (Å²) in [6.07, 6.45) is 6.92. The predicted molar refractivity (Wildman–Crippen MR) is 58.6 cm³/mol. The molecule has 0 amide bonds. The van der Waals surface area contributed by atoms with Gasteiger partial charge in [0.15, 0.2) is 0 Å². The van der Waals surface area contributed by atoms with Gasteiger partial charge in [0.25, 0.3) is 0 Å². The van der Waals surface area contributed by atoms with Crippen molar-refractivity contribution in [1.82, 2.24) is 0 Å². The topological polar surface area (TPSA) is 17.1 Å². The molecular weight excluding hydrogens is 228 g/mol. The van der Waals surface area contributed by atoms with E-state index in [-0.39, 0.29) is 4.69 Å². The lowest BCUT2D eigenvalue weighted by Crippen LogP contribution is -1.71. The first-order chi connectivity index (χ1) is 6.29. The summed E-state index contributed by atoms with van der Waals surface area (Å²) in [6.45, 7) is 0. The van der Waals surface area contributed by atoms with Crippen molar-refractivity contribution in [1.29, 1.82) is 0 Å². The lowest BCUT2D eigenvalue weighted by Gasteiger charge is -1.87. The molecule has 0 atom stereocenters. The van der Waals surface area contributed by atoms with Crippen LogP contribution in [0.2, 0.25) is 0 Å². The summed E-state index contributed by atoms with van der Waals surface area (Å²) in [5.41, 5.74) is 1.12. The average Bonchev–Trinajstić information content (AvgIpc) is 2.14. The van der Waals surface area contributed by atoms with E-state index in [0.717, 1.165) is 5.56 Å². The normalized spacial score (nSPS) is 11.2. The van der Waals surface area contributed by atoms with Crippen molar-refractivity contribution in [3.63, 3.8) is 0 Å². The van der Waals surface area contributed by atoms with Gasteiger partial charge in [-0.2, -0.15) is 0 Å². The zero-order chi connectivity index (χ0) is 9.52. The third-order valence-corrected chi connectivity index (χ3v) is 1.69. The minimum absolute atomic E-state index is 0.120. The second kappa shape index (κ2) is 5.49. The molecule has 1 aromatic rings. The maximum Gasteiger partial charge on any atom is 0.220 e. The van der Waals surface area contributed by atoms with Crippen LogP contribution in [0.15, 0.2) is 48.6 Å². The van der Waals surface area contributed by atoms with Crippen molar-refractivity contribution in [2.45, 2.75) is 0 Å². The van der Waals surface area contributed by atoms with Crippen molar-refractivity contribution in [2.24, 2.45) is 0 Å². The Morgan fingerprint density at radius 2 is 1.85 bits per heavy atom. The van der Waals surface area contributed by atoms with E-state index in [1.165, 1.54) is 6.08 Å². The van der Waals surface area contributed by atoms with Crippen LogP contribution in [0.3, 0.4) is 0 Å². The number of halogens is 1. The molecule has 0 heterocycles. The van der Waals surface area contributed by atoms with Crippen molar-refractivity contribution in [3.8, 4) is 0 Å². The highest BCUT2D eigenvalue weighted by molar-refractivity contribution is 9.18. The summed E-state index contributed by atoms with van der Waals surface area (Å²) in [4.78, 5) is 10.5. The van der Waals surface area contributed by atoms with Crippen LogP contribution >= 0.6 is 15.9 Å². The minimum atomic E-state index is -0.120. The Balaban J connectivity index is 2.55. The molecule has 1 aromatic carbocycles. The number of benzene rings is 1. The van der Waals surface area contributed by atoms with Gasteiger partial charge in [0.1, 0.15) is 0 Å². The van der Waals surface area contributed by atoms with E-state index in [1.54, 1.807) is 6.08 Å². The number of carbonyl (C=O) groups is 1. The van der Waals surface area contributed by atoms with E-state index < -0.39 is 0 Å². The standard InChI is InChI=1S/C11H9BrO/c12-11(13)9-5-4-8-10-6-2-1-3-7-10/h1-9H. The maximum absolute atomic E-state index is 10.5. The lowest BCUT2D eigenvalue weighted by atomic mass is 10.2. The zero-order valence-corrected chi connectivity index (χ0v) is 8.57. The van der Waals surface area contributed by atoms with Crippen LogP contribution in [0.4, 0.5) is 0 Å². The fraction of sp³-hybridized carbons (Fsp3) is 0. The van der Waals surface area contributed by atoms with Crippen molar-refractivity contribution in [2.75, 3.05) is 0 Å². The van der Waals surface area contributed by atoms with E-state index in [0.29, 0.717) is 0 Å². The summed E-state index contributed by atoms with van der Waals surface area (Å²) < 4.78 is -0.120. The largest absolute Gasteiger partial charge is 0.282 e. The van der Waals surface area contributed by atoms with E-state index in [1.807, 2.05) is 42.5 Å². The van der Waals surface area contributed by atoms with Gasteiger partial charge in [-0.15, -0.1) is 0 Å². The zero-order valence-electron chi connectivity index (χ0n) is 6.98. The van der Waals surface area contributed by atoms with E-state index in [9.17, 15) is 4.79 Å². The van der Waals surface area contributed by atoms with Crippen molar-refractivity contribution < 1.29 is 4.79 Å². The fourth-order valence-corrected chi connectivity index (χ4v) is 1.01. The maximum atomic E-state index is 10.5. The van der Waals surface area contributed by atoms with Crippen LogP contribution in [0, 0.1) is 0 Å². The molecular formula is C11H9BrO. The van der Waals surface area contributed by atoms with Crippen LogP contribution in [-0.2, 0) is 4.79 Å². The number of hydrogen-bond acceptors (Lipinski definition) is 1.